The van der Waals surface area contributed by atoms with Crippen LogP contribution in [0.1, 0.15) is 22.3 Å². The molecule has 2 aromatic carbocycles. The largest absolute Gasteiger partial charge is 0.496 e. The van der Waals surface area contributed by atoms with Crippen LogP contribution >= 0.6 is 0 Å². The molecule has 6 nitrogen and oxygen atoms in total. The number of hydrogen-bond donors (Lipinski definition) is 2. The summed E-state index contributed by atoms with van der Waals surface area (Å²) < 4.78 is 5.17. The Hall–Kier alpha value is -3.33. The number of nitriles is 1. The molecule has 0 aliphatic carbocycles. The number of ether oxygens (including phenoxy) is 1. The van der Waals surface area contributed by atoms with Crippen LogP contribution in [0.4, 0.5) is 5.69 Å². The number of anilines is 1. The molecular formula is C18H17N3O3. The number of amides is 2. The topological polar surface area (TPSA) is 91.2 Å². The molecule has 0 spiro atoms. The molecule has 6 heteroatoms. The first-order valence-corrected chi connectivity index (χ1v) is 7.31. The van der Waals surface area contributed by atoms with Crippen molar-refractivity contribution >= 4 is 17.5 Å². The van der Waals surface area contributed by atoms with Gasteiger partial charge in [-0.15, -0.1) is 0 Å². The van der Waals surface area contributed by atoms with Gasteiger partial charge >= 0.3 is 0 Å². The number of carbonyl (C=O) groups is 2. The molecule has 2 rings (SSSR count). The van der Waals surface area contributed by atoms with Gasteiger partial charge in [-0.2, -0.15) is 5.26 Å². The summed E-state index contributed by atoms with van der Waals surface area (Å²) in [6.07, 6.45) is -0.200. The van der Waals surface area contributed by atoms with Gasteiger partial charge in [0.1, 0.15) is 12.2 Å². The molecule has 0 bridgehead atoms. The summed E-state index contributed by atoms with van der Waals surface area (Å²) in [4.78, 5) is 23.7. The fourth-order valence-electron chi connectivity index (χ4n) is 2.15. The predicted octanol–water partition coefficient (Wildman–Crippen LogP) is 2.48. The quantitative estimate of drug-likeness (QED) is 0.854. The van der Waals surface area contributed by atoms with Crippen LogP contribution < -0.4 is 15.4 Å². The highest BCUT2D eigenvalue weighted by molar-refractivity contribution is 5.97. The van der Waals surface area contributed by atoms with E-state index in [0.29, 0.717) is 23.5 Å². The van der Waals surface area contributed by atoms with Gasteiger partial charge in [0.15, 0.2) is 0 Å². The van der Waals surface area contributed by atoms with Crippen LogP contribution in [-0.4, -0.2) is 18.9 Å². The number of methoxy groups -OCH3 is 1. The molecule has 0 atom stereocenters. The van der Waals surface area contributed by atoms with Crippen molar-refractivity contribution in [3.8, 4) is 11.8 Å². The minimum absolute atomic E-state index is 0.200. The van der Waals surface area contributed by atoms with Crippen molar-refractivity contribution in [2.45, 2.75) is 13.0 Å². The molecule has 0 saturated heterocycles. The van der Waals surface area contributed by atoms with Crippen molar-refractivity contribution in [2.75, 3.05) is 12.4 Å². The Morgan fingerprint density at radius 3 is 2.71 bits per heavy atom. The van der Waals surface area contributed by atoms with Gasteiger partial charge in [0.25, 0.3) is 5.91 Å². The SMILES string of the molecule is COc1ccccc1C(=O)NCc1cccc(NC(=O)CC#N)c1. The molecular weight excluding hydrogens is 306 g/mol. The number of benzene rings is 2. The maximum atomic E-state index is 12.2. The summed E-state index contributed by atoms with van der Waals surface area (Å²) in [5.74, 6) is -0.105. The fourth-order valence-corrected chi connectivity index (χ4v) is 2.15. The number of hydrogen-bond acceptors (Lipinski definition) is 4. The average Bonchev–Trinajstić information content (AvgIpc) is 2.60. The maximum Gasteiger partial charge on any atom is 0.255 e. The molecule has 0 fully saturated rings. The lowest BCUT2D eigenvalue weighted by atomic mass is 10.1. The first-order valence-electron chi connectivity index (χ1n) is 7.31. The molecule has 122 valence electrons. The van der Waals surface area contributed by atoms with E-state index in [4.69, 9.17) is 10.00 Å². The lowest BCUT2D eigenvalue weighted by Gasteiger charge is -2.10. The molecule has 0 aliphatic rings. The second-order valence-corrected chi connectivity index (χ2v) is 4.97. The predicted molar refractivity (Wildman–Crippen MR) is 89.5 cm³/mol. The summed E-state index contributed by atoms with van der Waals surface area (Å²) in [6, 6.07) is 15.8. The molecule has 2 N–H and O–H groups in total. The molecule has 0 unspecified atom stereocenters. The second-order valence-electron chi connectivity index (χ2n) is 4.97. The Balaban J connectivity index is 2.00. The van der Waals surface area contributed by atoms with Gasteiger partial charge in [0.05, 0.1) is 18.7 Å². The molecule has 0 aliphatic heterocycles. The molecule has 2 amide bonds. The Morgan fingerprint density at radius 1 is 1.17 bits per heavy atom. The van der Waals surface area contributed by atoms with Crippen LogP contribution in [0.25, 0.3) is 0 Å². The van der Waals surface area contributed by atoms with Gasteiger partial charge in [-0.3, -0.25) is 9.59 Å². The van der Waals surface area contributed by atoms with E-state index in [1.54, 1.807) is 48.5 Å². The van der Waals surface area contributed by atoms with Crippen molar-refractivity contribution in [2.24, 2.45) is 0 Å². The van der Waals surface area contributed by atoms with Crippen molar-refractivity contribution in [3.63, 3.8) is 0 Å². The molecule has 0 radical (unpaired) electrons. The Kier molecular flexibility index (Phi) is 5.92. The number of nitrogens with one attached hydrogen (secondary N) is 2. The van der Waals surface area contributed by atoms with Crippen LogP contribution in [0.15, 0.2) is 48.5 Å². The van der Waals surface area contributed by atoms with E-state index in [0.717, 1.165) is 5.56 Å². The zero-order chi connectivity index (χ0) is 17.4. The summed E-state index contributed by atoms with van der Waals surface area (Å²) in [5.41, 5.74) is 1.87. The first-order chi connectivity index (χ1) is 11.6. The van der Waals surface area contributed by atoms with Gasteiger partial charge in [0, 0.05) is 12.2 Å². The van der Waals surface area contributed by atoms with Crippen molar-refractivity contribution in [1.29, 1.82) is 5.26 Å². The zero-order valence-electron chi connectivity index (χ0n) is 13.2. The first kappa shape index (κ1) is 17.0. The molecule has 0 saturated carbocycles. The summed E-state index contributed by atoms with van der Waals surface area (Å²) >= 11 is 0. The van der Waals surface area contributed by atoms with E-state index in [1.807, 2.05) is 6.07 Å². The summed E-state index contributed by atoms with van der Waals surface area (Å²) in [6.45, 7) is 0.304. The van der Waals surface area contributed by atoms with Crippen LogP contribution in [0.2, 0.25) is 0 Å². The van der Waals surface area contributed by atoms with Gasteiger partial charge in [-0.25, -0.2) is 0 Å². The average molecular weight is 323 g/mol. The van der Waals surface area contributed by atoms with Crippen molar-refractivity contribution in [1.82, 2.24) is 5.32 Å². The summed E-state index contributed by atoms with van der Waals surface area (Å²) in [7, 11) is 1.51. The zero-order valence-corrected chi connectivity index (χ0v) is 13.2. The lowest BCUT2D eigenvalue weighted by Crippen LogP contribution is -2.23. The monoisotopic (exact) mass is 323 g/mol. The van der Waals surface area contributed by atoms with Crippen LogP contribution in [-0.2, 0) is 11.3 Å². The highest BCUT2D eigenvalue weighted by atomic mass is 16.5. The standard InChI is InChI=1S/C18H17N3O3/c1-24-16-8-3-2-7-15(16)18(23)20-12-13-5-4-6-14(11-13)21-17(22)9-10-19/h2-8,11H,9,12H2,1H3,(H,20,23)(H,21,22). The third-order valence-corrected chi connectivity index (χ3v) is 3.26. The number of nitrogens with zero attached hydrogens (tertiary/aromatic N) is 1. The van der Waals surface area contributed by atoms with Crippen LogP contribution in [0, 0.1) is 11.3 Å². The third-order valence-electron chi connectivity index (χ3n) is 3.26. The maximum absolute atomic E-state index is 12.2. The normalized spacial score (nSPS) is 9.67. The van der Waals surface area contributed by atoms with E-state index < -0.39 is 0 Å². The van der Waals surface area contributed by atoms with Crippen molar-refractivity contribution in [3.05, 3.63) is 59.7 Å². The van der Waals surface area contributed by atoms with Gasteiger partial charge in [0.2, 0.25) is 5.91 Å². The highest BCUT2D eigenvalue weighted by Crippen LogP contribution is 2.17. The van der Waals surface area contributed by atoms with E-state index in [2.05, 4.69) is 10.6 Å². The minimum Gasteiger partial charge on any atom is -0.496 e. The second kappa shape index (κ2) is 8.34. The smallest absolute Gasteiger partial charge is 0.255 e. The summed E-state index contributed by atoms with van der Waals surface area (Å²) in [5, 5.41) is 13.9. The highest BCUT2D eigenvalue weighted by Gasteiger charge is 2.11. The molecule has 24 heavy (non-hydrogen) atoms. The molecule has 2 aromatic rings. The van der Waals surface area contributed by atoms with E-state index in [-0.39, 0.29) is 18.2 Å². The van der Waals surface area contributed by atoms with E-state index >= 15 is 0 Å². The van der Waals surface area contributed by atoms with Gasteiger partial charge in [-0.05, 0) is 29.8 Å². The van der Waals surface area contributed by atoms with E-state index in [1.165, 1.54) is 7.11 Å². The fraction of sp³-hybridized carbons (Fsp3) is 0.167. The number of para-hydroxylation sites is 1. The minimum atomic E-state index is -0.368. The van der Waals surface area contributed by atoms with Gasteiger partial charge < -0.3 is 15.4 Å². The van der Waals surface area contributed by atoms with Crippen LogP contribution in [0.5, 0.6) is 5.75 Å². The third kappa shape index (κ3) is 4.58. The lowest BCUT2D eigenvalue weighted by molar-refractivity contribution is -0.115. The number of carbonyl (C=O) groups excluding carboxylic acids is 2. The molecule has 0 heterocycles. The van der Waals surface area contributed by atoms with Crippen molar-refractivity contribution < 1.29 is 14.3 Å². The Labute approximate surface area is 140 Å². The van der Waals surface area contributed by atoms with Gasteiger partial charge in [-0.1, -0.05) is 24.3 Å². The number of rotatable bonds is 6. The Morgan fingerprint density at radius 2 is 1.96 bits per heavy atom. The van der Waals surface area contributed by atoms with Crippen LogP contribution in [0.3, 0.4) is 0 Å². The Bertz CT molecular complexity index is 781. The molecule has 0 aromatic heterocycles. The van der Waals surface area contributed by atoms with E-state index in [9.17, 15) is 9.59 Å².